The number of amidine groups is 1. The molecule has 0 aliphatic rings. The molecule has 22 heavy (non-hydrogen) atoms. The van der Waals surface area contributed by atoms with E-state index < -0.39 is 0 Å². The summed E-state index contributed by atoms with van der Waals surface area (Å²) in [7, 11) is 2.04. The molecule has 0 aromatic heterocycles. The minimum absolute atomic E-state index is 0.0314. The van der Waals surface area contributed by atoms with Crippen molar-refractivity contribution in [3.05, 3.63) is 23.5 Å². The number of nitrogens with zero attached hydrogens (tertiary/aromatic N) is 3. The molecular weight excluding hydrogens is 270 g/mol. The zero-order chi connectivity index (χ0) is 17.7. The van der Waals surface area contributed by atoms with Crippen LogP contribution in [0, 0.1) is 10.8 Å². The minimum Gasteiger partial charge on any atom is -0.358 e. The van der Waals surface area contributed by atoms with Gasteiger partial charge in [-0.3, -0.25) is 4.99 Å². The van der Waals surface area contributed by atoms with Gasteiger partial charge in [0.15, 0.2) is 5.84 Å². The van der Waals surface area contributed by atoms with E-state index in [0.717, 1.165) is 30.2 Å². The molecule has 0 atom stereocenters. The van der Waals surface area contributed by atoms with Gasteiger partial charge in [-0.2, -0.15) is 0 Å². The van der Waals surface area contributed by atoms with Gasteiger partial charge in [0.1, 0.15) is 5.70 Å². The molecule has 0 aromatic carbocycles. The van der Waals surface area contributed by atoms with Gasteiger partial charge < -0.3 is 4.90 Å². The average molecular weight is 306 g/mol. The Morgan fingerprint density at radius 2 is 1.50 bits per heavy atom. The van der Waals surface area contributed by atoms with Crippen molar-refractivity contribution in [2.45, 2.75) is 61.8 Å². The van der Waals surface area contributed by atoms with Crippen molar-refractivity contribution in [3.8, 4) is 0 Å². The smallest absolute Gasteiger partial charge is 0.154 e. The van der Waals surface area contributed by atoms with Gasteiger partial charge in [0.25, 0.3) is 0 Å². The van der Waals surface area contributed by atoms with Crippen LogP contribution >= 0.6 is 0 Å². The van der Waals surface area contributed by atoms with Crippen LogP contribution in [0.25, 0.3) is 0 Å². The van der Waals surface area contributed by atoms with Gasteiger partial charge in [0.05, 0.1) is 0 Å². The van der Waals surface area contributed by atoms with Crippen molar-refractivity contribution in [1.29, 1.82) is 0 Å². The molecule has 0 aliphatic carbocycles. The van der Waals surface area contributed by atoms with E-state index in [1.54, 1.807) is 0 Å². The second kappa shape index (κ2) is 7.75. The van der Waals surface area contributed by atoms with E-state index in [0.29, 0.717) is 0 Å². The summed E-state index contributed by atoms with van der Waals surface area (Å²) in [5.74, 6) is 0.865. The van der Waals surface area contributed by atoms with Gasteiger partial charge >= 0.3 is 0 Å². The standard InChI is InChI=1S/C19H35N3/c1-12-15(19(7,8)9)16(20-10)17(22(11)13-2)21-14(3)18(4,5)6/h3,10,12-13H2,1-2,4-9,11H3/b16-15-,21-17?. The highest BCUT2D eigenvalue weighted by atomic mass is 15.2. The first-order chi connectivity index (χ1) is 9.89. The Balaban J connectivity index is 6.30. The Morgan fingerprint density at radius 3 is 1.77 bits per heavy atom. The van der Waals surface area contributed by atoms with E-state index >= 15 is 0 Å². The maximum absolute atomic E-state index is 4.83. The highest BCUT2D eigenvalue weighted by Crippen LogP contribution is 2.33. The quantitative estimate of drug-likeness (QED) is 0.500. The van der Waals surface area contributed by atoms with E-state index in [4.69, 9.17) is 4.99 Å². The maximum Gasteiger partial charge on any atom is 0.154 e. The van der Waals surface area contributed by atoms with Gasteiger partial charge in [0.2, 0.25) is 0 Å². The number of rotatable bonds is 5. The Hall–Kier alpha value is -1.38. The highest BCUT2D eigenvalue weighted by molar-refractivity contribution is 6.00. The van der Waals surface area contributed by atoms with Crippen LogP contribution in [0.3, 0.4) is 0 Å². The number of allylic oxidation sites excluding steroid dienone is 2. The molecule has 0 unspecified atom stereocenters. The third-order valence-electron chi connectivity index (χ3n) is 3.86. The lowest BCUT2D eigenvalue weighted by molar-refractivity contribution is 0.475. The molecule has 0 aliphatic heterocycles. The minimum atomic E-state index is -0.0692. The summed E-state index contributed by atoms with van der Waals surface area (Å²) in [5, 5.41) is 0. The topological polar surface area (TPSA) is 28.0 Å². The summed E-state index contributed by atoms with van der Waals surface area (Å²) in [5.41, 5.74) is 2.98. The fourth-order valence-electron chi connectivity index (χ4n) is 2.12. The summed E-state index contributed by atoms with van der Waals surface area (Å²) in [6.45, 7) is 26.1. The lowest BCUT2D eigenvalue weighted by Crippen LogP contribution is -2.30. The van der Waals surface area contributed by atoms with Crippen molar-refractivity contribution in [2.24, 2.45) is 20.8 Å². The normalized spacial score (nSPS) is 14.5. The Labute approximate surface area is 137 Å². The number of aliphatic imine (C=N–C) groups is 2. The molecule has 0 saturated heterocycles. The van der Waals surface area contributed by atoms with Crippen LogP contribution in [-0.2, 0) is 0 Å². The second-order valence-electron chi connectivity index (χ2n) is 7.74. The van der Waals surface area contributed by atoms with E-state index in [1.807, 2.05) is 7.05 Å². The number of likely N-dealkylation sites (N-methyl/N-ethyl adjacent to an activating group) is 1. The fraction of sp³-hybridized carbons (Fsp3) is 0.684. The maximum atomic E-state index is 4.83. The van der Waals surface area contributed by atoms with Gasteiger partial charge in [-0.15, -0.1) is 0 Å². The lowest BCUT2D eigenvalue weighted by Gasteiger charge is -2.29. The molecule has 0 rings (SSSR count). The van der Waals surface area contributed by atoms with Gasteiger partial charge in [-0.05, 0) is 31.1 Å². The second-order valence-corrected chi connectivity index (χ2v) is 7.74. The Kier molecular flexibility index (Phi) is 7.27. The summed E-state index contributed by atoms with van der Waals surface area (Å²) in [6.07, 6.45) is 0.927. The van der Waals surface area contributed by atoms with Crippen LogP contribution < -0.4 is 0 Å². The molecule has 0 saturated carbocycles. The summed E-state index contributed by atoms with van der Waals surface area (Å²) in [6, 6.07) is 0. The van der Waals surface area contributed by atoms with E-state index in [9.17, 15) is 0 Å². The molecule has 3 heteroatoms. The summed E-state index contributed by atoms with van der Waals surface area (Å²) in [4.78, 5) is 11.3. The Morgan fingerprint density at radius 1 is 1.00 bits per heavy atom. The van der Waals surface area contributed by atoms with E-state index in [-0.39, 0.29) is 10.8 Å². The predicted octanol–water partition coefficient (Wildman–Crippen LogP) is 5.31. The molecule has 126 valence electrons. The van der Waals surface area contributed by atoms with Crippen LogP contribution in [0.2, 0.25) is 0 Å². The Bertz CT molecular complexity index is 468. The SMILES string of the molecule is C=N/C(C(=NC(=C)C(C)(C)C)N(C)CC)=C(/CC)C(C)(C)C. The van der Waals surface area contributed by atoms with Gasteiger partial charge in [-0.1, -0.05) is 55.0 Å². The zero-order valence-corrected chi connectivity index (χ0v) is 16.2. The van der Waals surface area contributed by atoms with Crippen LogP contribution in [0.15, 0.2) is 33.5 Å². The van der Waals surface area contributed by atoms with Crippen molar-refractivity contribution >= 4 is 12.6 Å². The van der Waals surface area contributed by atoms with Crippen LogP contribution in [0.5, 0.6) is 0 Å². The first kappa shape index (κ1) is 20.6. The molecular formula is C19H35N3. The first-order valence-electron chi connectivity index (χ1n) is 8.10. The van der Waals surface area contributed by atoms with Gasteiger partial charge in [0, 0.05) is 24.7 Å². The third-order valence-corrected chi connectivity index (χ3v) is 3.86. The van der Waals surface area contributed by atoms with Gasteiger partial charge in [-0.25, -0.2) is 4.99 Å². The first-order valence-corrected chi connectivity index (χ1v) is 8.10. The molecule has 0 fully saturated rings. The summed E-state index contributed by atoms with van der Waals surface area (Å²) < 4.78 is 0. The molecule has 0 N–H and O–H groups in total. The average Bonchev–Trinajstić information content (AvgIpc) is 2.38. The molecule has 3 nitrogen and oxygen atoms in total. The number of hydrogen-bond donors (Lipinski definition) is 0. The van der Waals surface area contributed by atoms with Crippen molar-refractivity contribution in [3.63, 3.8) is 0 Å². The zero-order valence-electron chi connectivity index (χ0n) is 16.2. The van der Waals surface area contributed by atoms with E-state index in [2.05, 4.69) is 78.6 Å². The van der Waals surface area contributed by atoms with Crippen molar-refractivity contribution in [1.82, 2.24) is 4.90 Å². The molecule has 0 radical (unpaired) electrons. The molecule has 0 amide bonds. The lowest BCUT2D eigenvalue weighted by atomic mass is 9.83. The highest BCUT2D eigenvalue weighted by Gasteiger charge is 2.25. The number of hydrogen-bond acceptors (Lipinski definition) is 2. The molecule has 0 spiro atoms. The molecule has 0 heterocycles. The third kappa shape index (κ3) is 5.43. The van der Waals surface area contributed by atoms with Crippen LogP contribution in [-0.4, -0.2) is 31.0 Å². The van der Waals surface area contributed by atoms with E-state index in [1.165, 1.54) is 5.57 Å². The largest absolute Gasteiger partial charge is 0.358 e. The van der Waals surface area contributed by atoms with Crippen LogP contribution in [0.4, 0.5) is 0 Å². The van der Waals surface area contributed by atoms with Crippen molar-refractivity contribution < 1.29 is 0 Å². The fourth-order valence-corrected chi connectivity index (χ4v) is 2.12. The van der Waals surface area contributed by atoms with Crippen LogP contribution in [0.1, 0.15) is 61.8 Å². The molecule has 0 aromatic rings. The summed E-state index contributed by atoms with van der Waals surface area (Å²) >= 11 is 0. The monoisotopic (exact) mass is 305 g/mol. The van der Waals surface area contributed by atoms with Crippen molar-refractivity contribution in [2.75, 3.05) is 13.6 Å². The predicted molar refractivity (Wildman–Crippen MR) is 101 cm³/mol. The molecule has 0 bridgehead atoms.